The van der Waals surface area contributed by atoms with Crippen LogP contribution < -0.4 is 5.76 Å². The van der Waals surface area contributed by atoms with Gasteiger partial charge in [-0.1, -0.05) is 79.0 Å². The summed E-state index contributed by atoms with van der Waals surface area (Å²) < 4.78 is 13.0. The summed E-state index contributed by atoms with van der Waals surface area (Å²) in [7, 11) is 1.69. The van der Waals surface area contributed by atoms with Crippen molar-refractivity contribution >= 4 is 22.8 Å². The maximum absolute atomic E-state index is 11.7. The second kappa shape index (κ2) is 10.7. The molecule has 1 atom stereocenters. The maximum Gasteiger partial charge on any atom is 0.439 e. The van der Waals surface area contributed by atoms with E-state index in [1.807, 2.05) is 54.6 Å². The third kappa shape index (κ3) is 5.12. The Morgan fingerprint density at radius 1 is 1.08 bits per heavy atom. The van der Waals surface area contributed by atoms with Crippen LogP contribution in [0.2, 0.25) is 5.02 Å². The van der Waals surface area contributed by atoms with Crippen molar-refractivity contribution in [3.8, 4) is 22.9 Å². The van der Waals surface area contributed by atoms with Crippen molar-refractivity contribution in [1.82, 2.24) is 29.7 Å². The summed E-state index contributed by atoms with van der Waals surface area (Å²) in [5, 5.41) is 4.41. The third-order valence-corrected chi connectivity index (χ3v) is 7.77. The number of nitrogens with one attached hydrogen (secondary N) is 1. The lowest BCUT2D eigenvalue weighted by Gasteiger charge is -2.28. The number of ether oxygens (including phenoxy) is 1. The smallest absolute Gasteiger partial charge is 0.369 e. The van der Waals surface area contributed by atoms with Gasteiger partial charge in [-0.15, -0.1) is 0 Å². The first kappa shape index (κ1) is 25.5. The molecular formula is C29H29ClN6O3. The minimum atomic E-state index is -0.681. The van der Waals surface area contributed by atoms with Crippen LogP contribution in [0, 0.1) is 11.8 Å². The summed E-state index contributed by atoms with van der Waals surface area (Å²) in [5.41, 5.74) is 3.72. The second-order valence-electron chi connectivity index (χ2n) is 10.3. The van der Waals surface area contributed by atoms with Gasteiger partial charge in [-0.2, -0.15) is 0 Å². The molecule has 0 amide bonds. The maximum atomic E-state index is 11.7. The topological polar surface area (TPSA) is 112 Å². The molecule has 1 unspecified atom stereocenters. The highest BCUT2D eigenvalue weighted by Gasteiger charge is 2.29. The fraction of sp³-hybridized carbons (Fsp3) is 0.345. The zero-order valence-electron chi connectivity index (χ0n) is 21.8. The van der Waals surface area contributed by atoms with E-state index < -0.39 is 11.9 Å². The fourth-order valence-electron chi connectivity index (χ4n) is 5.50. The van der Waals surface area contributed by atoms with Crippen molar-refractivity contribution in [3.63, 3.8) is 0 Å². The Morgan fingerprint density at radius 3 is 2.56 bits per heavy atom. The Morgan fingerprint density at radius 2 is 1.87 bits per heavy atom. The van der Waals surface area contributed by atoms with Crippen molar-refractivity contribution in [2.45, 2.75) is 45.3 Å². The first-order valence-corrected chi connectivity index (χ1v) is 13.6. The van der Waals surface area contributed by atoms with E-state index in [4.69, 9.17) is 35.8 Å². The molecule has 1 saturated carbocycles. The molecule has 0 aliphatic heterocycles. The number of H-pyrrole nitrogens is 1. The molecule has 6 rings (SSSR count). The zero-order valence-corrected chi connectivity index (χ0v) is 22.6. The molecule has 0 radical (unpaired) electrons. The molecule has 0 saturated heterocycles. The number of nitrogens with zero attached hydrogens (tertiary/aromatic N) is 5. The lowest BCUT2D eigenvalue weighted by Crippen LogP contribution is -2.21. The molecule has 2 aromatic carbocycles. The highest BCUT2D eigenvalue weighted by atomic mass is 35.5. The monoisotopic (exact) mass is 544 g/mol. The molecule has 0 bridgehead atoms. The number of fused-ring (bicyclic) bond motifs is 1. The van der Waals surface area contributed by atoms with Gasteiger partial charge in [0.1, 0.15) is 23.1 Å². The average Bonchev–Trinajstić information content (AvgIpc) is 3.54. The van der Waals surface area contributed by atoms with Gasteiger partial charge in [0, 0.05) is 24.2 Å². The van der Waals surface area contributed by atoms with E-state index in [1.165, 1.54) is 12.8 Å². The summed E-state index contributed by atoms with van der Waals surface area (Å²) >= 11 is 6.41. The molecule has 39 heavy (non-hydrogen) atoms. The van der Waals surface area contributed by atoms with Crippen LogP contribution in [-0.2, 0) is 11.3 Å². The lowest BCUT2D eigenvalue weighted by molar-refractivity contribution is 0.124. The lowest BCUT2D eigenvalue weighted by atomic mass is 9.83. The van der Waals surface area contributed by atoms with Gasteiger partial charge in [-0.3, -0.25) is 9.51 Å². The SMILES string of the molecule is COC(c1ccccc1)c1nc2nc(-c3noc(=O)[nH]3)nc(-c3cccc(Cl)c3)c2n1C[C@H]1CC[C@H](C)CC1. The second-order valence-corrected chi connectivity index (χ2v) is 10.7. The zero-order chi connectivity index (χ0) is 26.9. The Hall–Kier alpha value is -3.82. The minimum Gasteiger partial charge on any atom is -0.369 e. The van der Waals surface area contributed by atoms with E-state index in [0.717, 1.165) is 47.8 Å². The molecule has 1 aliphatic rings. The Kier molecular flexibility index (Phi) is 7.01. The van der Waals surface area contributed by atoms with E-state index in [0.29, 0.717) is 22.3 Å². The summed E-state index contributed by atoms with van der Waals surface area (Å²) in [6.07, 6.45) is 4.30. The largest absolute Gasteiger partial charge is 0.439 e. The molecule has 5 aromatic rings. The van der Waals surface area contributed by atoms with Gasteiger partial charge < -0.3 is 9.30 Å². The molecule has 3 aromatic heterocycles. The first-order valence-electron chi connectivity index (χ1n) is 13.2. The summed E-state index contributed by atoms with van der Waals surface area (Å²) in [6, 6.07) is 17.6. The van der Waals surface area contributed by atoms with Gasteiger partial charge in [0.15, 0.2) is 5.65 Å². The average molecular weight is 545 g/mol. The number of benzene rings is 2. The van der Waals surface area contributed by atoms with E-state index >= 15 is 0 Å². The van der Waals surface area contributed by atoms with Crippen LogP contribution in [0.15, 0.2) is 63.9 Å². The molecule has 1 aliphatic carbocycles. The molecular weight excluding hydrogens is 516 g/mol. The normalized spacial score (nSPS) is 18.4. The van der Waals surface area contributed by atoms with E-state index in [2.05, 4.69) is 21.6 Å². The van der Waals surface area contributed by atoms with Gasteiger partial charge in [0.25, 0.3) is 0 Å². The van der Waals surface area contributed by atoms with E-state index in [-0.39, 0.29) is 11.6 Å². The third-order valence-electron chi connectivity index (χ3n) is 7.53. The quantitative estimate of drug-likeness (QED) is 0.265. The van der Waals surface area contributed by atoms with Gasteiger partial charge in [-0.25, -0.2) is 19.7 Å². The molecule has 10 heteroatoms. The van der Waals surface area contributed by atoms with Gasteiger partial charge in [0.05, 0.1) is 0 Å². The van der Waals surface area contributed by atoms with E-state index in [9.17, 15) is 4.79 Å². The Balaban J connectivity index is 1.61. The van der Waals surface area contributed by atoms with Crippen LogP contribution in [0.4, 0.5) is 0 Å². The van der Waals surface area contributed by atoms with Crippen molar-refractivity contribution in [1.29, 1.82) is 0 Å². The van der Waals surface area contributed by atoms with Crippen molar-refractivity contribution < 1.29 is 9.26 Å². The van der Waals surface area contributed by atoms with Crippen LogP contribution >= 0.6 is 11.6 Å². The molecule has 3 heterocycles. The summed E-state index contributed by atoms with van der Waals surface area (Å²) in [4.78, 5) is 28.9. The molecule has 1 N–H and O–H groups in total. The summed E-state index contributed by atoms with van der Waals surface area (Å²) in [6.45, 7) is 3.09. The molecule has 1 fully saturated rings. The van der Waals surface area contributed by atoms with E-state index in [1.54, 1.807) is 7.11 Å². The Bertz CT molecular complexity index is 1650. The number of imidazole rings is 1. The van der Waals surface area contributed by atoms with Crippen molar-refractivity contribution in [3.05, 3.63) is 81.6 Å². The van der Waals surface area contributed by atoms with Crippen LogP contribution in [0.3, 0.4) is 0 Å². The van der Waals surface area contributed by atoms with Gasteiger partial charge in [-0.05, 0) is 42.4 Å². The standard InChI is InChI=1S/C29H29ClN6O3/c1-17-11-13-18(14-12-17)16-36-23-22(20-9-6-10-21(30)15-20)31-26(27-34-29(37)39-35-27)32-25(23)33-28(36)24(38-2)19-7-4-3-5-8-19/h3-10,15,17-18,24H,11-14,16H2,1-2H3,(H,34,35,37)/t17-,18-,24?. The number of rotatable bonds is 7. The molecule has 0 spiro atoms. The van der Waals surface area contributed by atoms with Crippen molar-refractivity contribution in [2.75, 3.05) is 7.11 Å². The van der Waals surface area contributed by atoms with Gasteiger partial charge >= 0.3 is 5.76 Å². The van der Waals surface area contributed by atoms with Gasteiger partial charge in [0.2, 0.25) is 11.6 Å². The van der Waals surface area contributed by atoms with Crippen LogP contribution in [0.25, 0.3) is 34.1 Å². The predicted octanol–water partition coefficient (Wildman–Crippen LogP) is 6.05. The minimum absolute atomic E-state index is 0.133. The molecule has 200 valence electrons. The number of hydrogen-bond acceptors (Lipinski definition) is 7. The fourth-order valence-corrected chi connectivity index (χ4v) is 5.69. The number of aromatic amines is 1. The van der Waals surface area contributed by atoms with Crippen LogP contribution in [-0.4, -0.2) is 36.8 Å². The summed E-state index contributed by atoms with van der Waals surface area (Å²) in [5.74, 6) is 1.65. The van der Waals surface area contributed by atoms with Crippen molar-refractivity contribution in [2.24, 2.45) is 11.8 Å². The highest BCUT2D eigenvalue weighted by molar-refractivity contribution is 6.30. The number of aromatic nitrogens is 6. The predicted molar refractivity (Wildman–Crippen MR) is 148 cm³/mol. The Labute approximate surface area is 230 Å². The first-order chi connectivity index (χ1) is 19.0. The highest BCUT2D eigenvalue weighted by Crippen LogP contribution is 2.37. The molecule has 9 nitrogen and oxygen atoms in total. The number of hydrogen-bond donors (Lipinski definition) is 1. The van der Waals surface area contributed by atoms with Crippen LogP contribution in [0.1, 0.15) is 50.1 Å². The van der Waals surface area contributed by atoms with Crippen LogP contribution in [0.5, 0.6) is 0 Å². The number of methoxy groups -OCH3 is 1. The number of halogens is 1.